The molecule has 0 saturated carbocycles. The molecule has 12 heteroatoms. The zero-order valence-electron chi connectivity index (χ0n) is 29.6. The second-order valence-corrected chi connectivity index (χ2v) is 14.7. The van der Waals surface area contributed by atoms with Gasteiger partial charge in [-0.15, -0.1) is 0 Å². The van der Waals surface area contributed by atoms with Crippen LogP contribution in [0.15, 0.2) is 154 Å². The Morgan fingerprint density at radius 3 is 1.37 bits per heavy atom. The molecule has 0 spiro atoms. The summed E-state index contributed by atoms with van der Waals surface area (Å²) in [5.41, 5.74) is 6.99. The minimum absolute atomic E-state index is 0.660. The second-order valence-electron chi connectivity index (χ2n) is 12.4. The van der Waals surface area contributed by atoms with Crippen molar-refractivity contribution >= 4 is 80.0 Å². The minimum atomic E-state index is 0.660. The van der Waals surface area contributed by atoms with Gasteiger partial charge in [-0.25, -0.2) is 29.9 Å². The molecular weight excluding hydrogens is 709 g/mol. The highest BCUT2D eigenvalue weighted by molar-refractivity contribution is 7.99. The first-order chi connectivity index (χ1) is 26.5. The number of benzene rings is 4. The van der Waals surface area contributed by atoms with Crippen LogP contribution >= 0.6 is 23.5 Å². The van der Waals surface area contributed by atoms with Gasteiger partial charge in [0.15, 0.2) is 11.3 Å². The third-order valence-corrected chi connectivity index (χ3v) is 10.6. The molecule has 0 unspecified atom stereocenters. The van der Waals surface area contributed by atoms with Gasteiger partial charge in [0.05, 0.1) is 22.1 Å². The molecule has 266 valence electrons. The number of aromatic nitrogens is 6. The maximum absolute atomic E-state index is 4.60. The van der Waals surface area contributed by atoms with Crippen LogP contribution in [0.4, 0.5) is 34.4 Å². The number of aryl methyl sites for hydroxylation is 2. The lowest BCUT2D eigenvalue weighted by Crippen LogP contribution is -2.14. The smallest absolute Gasteiger partial charge is 0.164 e. The van der Waals surface area contributed by atoms with Crippen LogP contribution in [0.25, 0.3) is 22.1 Å². The van der Waals surface area contributed by atoms with E-state index in [2.05, 4.69) is 136 Å². The van der Waals surface area contributed by atoms with Gasteiger partial charge < -0.3 is 21.3 Å². The Kier molecular flexibility index (Phi) is 10.4. The van der Waals surface area contributed by atoms with Crippen LogP contribution in [-0.4, -0.2) is 43.0 Å². The lowest BCUT2D eigenvalue weighted by Gasteiger charge is -2.17. The van der Waals surface area contributed by atoms with Gasteiger partial charge in [-0.1, -0.05) is 59.9 Å². The van der Waals surface area contributed by atoms with E-state index in [-0.39, 0.29) is 0 Å². The quantitative estimate of drug-likeness (QED) is 0.0840. The summed E-state index contributed by atoms with van der Waals surface area (Å²) < 4.78 is 0. The Morgan fingerprint density at radius 1 is 0.481 bits per heavy atom. The maximum atomic E-state index is 4.60. The largest absolute Gasteiger partial charge is 0.383 e. The fraction of sp³-hybridized carbons (Fsp3) is 0.0952. The fourth-order valence-electron chi connectivity index (χ4n) is 5.83. The van der Waals surface area contributed by atoms with Crippen molar-refractivity contribution in [2.24, 2.45) is 0 Å². The average molecular weight is 745 g/mol. The van der Waals surface area contributed by atoms with Crippen LogP contribution in [0, 0.1) is 13.8 Å². The Morgan fingerprint density at radius 2 is 0.926 bits per heavy atom. The molecule has 0 amide bonds. The number of hydrogen-bond donors (Lipinski definition) is 4. The number of anilines is 6. The maximum Gasteiger partial charge on any atom is 0.164 e. The summed E-state index contributed by atoms with van der Waals surface area (Å²) in [6.07, 6.45) is 3.10. The van der Waals surface area contributed by atoms with Gasteiger partial charge in [-0.05, 0) is 98.8 Å². The van der Waals surface area contributed by atoms with E-state index in [9.17, 15) is 0 Å². The molecule has 4 aromatic carbocycles. The molecule has 4 N–H and O–H groups in total. The first kappa shape index (κ1) is 34.8. The first-order valence-corrected chi connectivity index (χ1v) is 19.1. The van der Waals surface area contributed by atoms with Gasteiger partial charge in [-0.3, -0.25) is 0 Å². The number of pyridine rings is 2. The Balaban J connectivity index is 0.999. The van der Waals surface area contributed by atoms with Crippen molar-refractivity contribution in [3.05, 3.63) is 145 Å². The highest BCUT2D eigenvalue weighted by Crippen LogP contribution is 2.39. The van der Waals surface area contributed by atoms with Gasteiger partial charge in [0.25, 0.3) is 0 Å². The third-order valence-electron chi connectivity index (χ3n) is 8.46. The molecular formula is C42H36N10S2. The summed E-state index contributed by atoms with van der Waals surface area (Å²) in [5, 5.41) is 16.1. The van der Waals surface area contributed by atoms with Crippen LogP contribution in [0.1, 0.15) is 11.4 Å². The molecule has 54 heavy (non-hydrogen) atoms. The topological polar surface area (TPSA) is 125 Å². The highest BCUT2D eigenvalue weighted by Gasteiger charge is 2.13. The predicted octanol–water partition coefficient (Wildman–Crippen LogP) is 10.3. The summed E-state index contributed by atoms with van der Waals surface area (Å²) >= 11 is 3.40. The Labute approximate surface area is 321 Å². The van der Waals surface area contributed by atoms with E-state index in [0.717, 1.165) is 64.5 Å². The minimum Gasteiger partial charge on any atom is -0.383 e. The highest BCUT2D eigenvalue weighted by atomic mass is 32.2. The summed E-state index contributed by atoms with van der Waals surface area (Å²) in [7, 11) is 0. The molecule has 0 aliphatic carbocycles. The van der Waals surface area contributed by atoms with Crippen LogP contribution in [0.2, 0.25) is 0 Å². The number of nitrogens with zero attached hydrogens (tertiary/aromatic N) is 6. The average Bonchev–Trinajstić information content (AvgIpc) is 3.19. The summed E-state index contributed by atoms with van der Waals surface area (Å²) in [4.78, 5) is 31.6. The van der Waals surface area contributed by atoms with Crippen LogP contribution in [-0.2, 0) is 0 Å². The Hall–Kier alpha value is -6.24. The summed E-state index contributed by atoms with van der Waals surface area (Å²) in [5.74, 6) is 1.42. The zero-order valence-corrected chi connectivity index (χ0v) is 31.2. The number of nitrogens with one attached hydrogen (secondary N) is 4. The van der Waals surface area contributed by atoms with E-state index in [1.165, 1.54) is 0 Å². The van der Waals surface area contributed by atoms with Crippen molar-refractivity contribution < 1.29 is 0 Å². The third kappa shape index (κ3) is 8.35. The van der Waals surface area contributed by atoms with Crippen LogP contribution in [0.3, 0.4) is 0 Å². The molecule has 10 nitrogen and oxygen atoms in total. The second kappa shape index (κ2) is 16.2. The molecule has 0 aliphatic rings. The predicted molar refractivity (Wildman–Crippen MR) is 222 cm³/mol. The van der Waals surface area contributed by atoms with Gasteiger partial charge >= 0.3 is 0 Å². The van der Waals surface area contributed by atoms with Crippen molar-refractivity contribution in [3.63, 3.8) is 0 Å². The molecule has 4 heterocycles. The van der Waals surface area contributed by atoms with Crippen LogP contribution < -0.4 is 21.3 Å². The lowest BCUT2D eigenvalue weighted by molar-refractivity contribution is 1.08. The van der Waals surface area contributed by atoms with Crippen molar-refractivity contribution in [2.75, 3.05) is 34.4 Å². The van der Waals surface area contributed by atoms with Gasteiger partial charge in [0.2, 0.25) is 0 Å². The number of rotatable bonds is 13. The van der Waals surface area contributed by atoms with Crippen molar-refractivity contribution in [3.8, 4) is 0 Å². The van der Waals surface area contributed by atoms with E-state index >= 15 is 0 Å². The summed E-state index contributed by atoms with van der Waals surface area (Å²) in [6, 6.07) is 41.4. The van der Waals surface area contributed by atoms with Gasteiger partial charge in [-0.2, -0.15) is 0 Å². The monoisotopic (exact) mass is 744 g/mol. The Bertz CT molecular complexity index is 2370. The van der Waals surface area contributed by atoms with E-state index < -0.39 is 0 Å². The molecule has 0 radical (unpaired) electrons. The van der Waals surface area contributed by atoms with Crippen LogP contribution in [0.5, 0.6) is 0 Å². The first-order valence-electron chi connectivity index (χ1n) is 17.5. The standard InChI is InChI=1S/C42H36N10S2/c1-27-13-17-33-39(49-27)45-25-47-41(33)51-35-23-29(15-19-37(35)53-31-9-5-3-6-10-31)43-21-22-44-30-16-20-38(54-32-11-7-4-8-12-32)36(24-30)52-42-34-18-14-28(2)50-40(34)46-26-48-42/h3-20,23-26,43-44H,21-22H2,1-2H3,(H,45,47,49,51)(H,46,48,50,52). The molecule has 0 saturated heterocycles. The molecule has 0 bridgehead atoms. The van der Waals surface area contributed by atoms with Gasteiger partial charge in [0, 0.05) is 55.4 Å². The van der Waals surface area contributed by atoms with E-state index in [4.69, 9.17) is 0 Å². The molecule has 0 atom stereocenters. The molecule has 4 aromatic heterocycles. The molecule has 0 fully saturated rings. The van der Waals surface area contributed by atoms with E-state index in [1.54, 1.807) is 36.2 Å². The molecule has 0 aliphatic heterocycles. The summed E-state index contributed by atoms with van der Waals surface area (Å²) in [6.45, 7) is 5.30. The number of fused-ring (bicyclic) bond motifs is 2. The molecule has 8 aromatic rings. The van der Waals surface area contributed by atoms with E-state index in [1.807, 2.05) is 50.2 Å². The molecule has 8 rings (SSSR count). The zero-order chi connectivity index (χ0) is 36.7. The van der Waals surface area contributed by atoms with Crippen molar-refractivity contribution in [2.45, 2.75) is 33.4 Å². The van der Waals surface area contributed by atoms with E-state index in [0.29, 0.717) is 36.0 Å². The SMILES string of the molecule is Cc1ccc2c(Nc3cc(NCCNc4ccc(Sc5ccccc5)c(Nc5ncnc6nc(C)ccc56)c4)ccc3Sc3ccccc3)ncnc2n1. The normalized spacial score (nSPS) is 11.1. The van der Waals surface area contributed by atoms with Crippen molar-refractivity contribution in [1.29, 1.82) is 0 Å². The van der Waals surface area contributed by atoms with Gasteiger partial charge in [0.1, 0.15) is 24.3 Å². The fourth-order valence-corrected chi connectivity index (χ4v) is 7.63. The van der Waals surface area contributed by atoms with Crippen molar-refractivity contribution in [1.82, 2.24) is 29.9 Å². The number of hydrogen-bond acceptors (Lipinski definition) is 12. The lowest BCUT2D eigenvalue weighted by atomic mass is 10.2.